The predicted molar refractivity (Wildman–Crippen MR) is 61.9 cm³/mol. The average molecular weight is 178 g/mol. The largest absolute Gasteiger partial charge is 0.103 e. The van der Waals surface area contributed by atoms with Crippen LogP contribution in [0.25, 0.3) is 0 Å². The molecule has 0 aromatic carbocycles. The van der Waals surface area contributed by atoms with E-state index in [9.17, 15) is 0 Å². The van der Waals surface area contributed by atoms with Crippen molar-refractivity contribution in [3.63, 3.8) is 0 Å². The van der Waals surface area contributed by atoms with E-state index in [1.165, 1.54) is 30.4 Å². The molecule has 0 N–H and O–H groups in total. The molecule has 0 aliphatic heterocycles. The van der Waals surface area contributed by atoms with E-state index in [2.05, 4.69) is 39.5 Å². The highest BCUT2D eigenvalue weighted by Gasteiger charge is 1.92. The van der Waals surface area contributed by atoms with Gasteiger partial charge < -0.3 is 0 Å². The van der Waals surface area contributed by atoms with Crippen molar-refractivity contribution >= 4 is 0 Å². The minimum absolute atomic E-state index is 1.04. The summed E-state index contributed by atoms with van der Waals surface area (Å²) >= 11 is 0. The highest BCUT2D eigenvalue weighted by Crippen LogP contribution is 2.12. The van der Waals surface area contributed by atoms with Crippen LogP contribution in [0.1, 0.15) is 46.5 Å². The first-order valence-corrected chi connectivity index (χ1v) is 5.15. The van der Waals surface area contributed by atoms with Gasteiger partial charge in [0.2, 0.25) is 0 Å². The third-order valence-electron chi connectivity index (χ3n) is 2.33. The van der Waals surface area contributed by atoms with Crippen molar-refractivity contribution in [3.05, 3.63) is 36.0 Å². The van der Waals surface area contributed by atoms with Crippen molar-refractivity contribution in [2.75, 3.05) is 0 Å². The number of hydrogen-bond donors (Lipinski definition) is 0. The molecule has 0 spiro atoms. The van der Waals surface area contributed by atoms with Crippen LogP contribution in [0.4, 0.5) is 0 Å². The quantitative estimate of drug-likeness (QED) is 0.519. The molecule has 0 saturated carbocycles. The highest BCUT2D eigenvalue weighted by molar-refractivity contribution is 5.07. The molecule has 0 saturated heterocycles. The zero-order valence-corrected chi connectivity index (χ0v) is 9.27. The molecule has 0 aromatic rings. The standard InChI is InChI=1S/C13H22/c1-5-9-13(7-3)11-8-10-12(4)6-2/h5,7,10H,1,6,8-9,11H2,2-4H3/b12-10?,13-7+. The van der Waals surface area contributed by atoms with Crippen LogP contribution in [0.5, 0.6) is 0 Å². The molecule has 13 heavy (non-hydrogen) atoms. The lowest BCUT2D eigenvalue weighted by molar-refractivity contribution is 0.919. The first-order valence-electron chi connectivity index (χ1n) is 5.15. The van der Waals surface area contributed by atoms with Gasteiger partial charge in [0.05, 0.1) is 0 Å². The lowest BCUT2D eigenvalue weighted by Crippen LogP contribution is -1.81. The maximum atomic E-state index is 3.75. The van der Waals surface area contributed by atoms with Crippen LogP contribution < -0.4 is 0 Å². The van der Waals surface area contributed by atoms with Crippen molar-refractivity contribution in [2.45, 2.75) is 46.5 Å². The van der Waals surface area contributed by atoms with Gasteiger partial charge in [-0.05, 0) is 39.5 Å². The van der Waals surface area contributed by atoms with Gasteiger partial charge in [0.15, 0.2) is 0 Å². The molecule has 0 bridgehead atoms. The Labute approximate surface area is 83.0 Å². The summed E-state index contributed by atoms with van der Waals surface area (Å²) in [5, 5.41) is 0. The second-order valence-corrected chi connectivity index (χ2v) is 3.38. The second-order valence-electron chi connectivity index (χ2n) is 3.38. The Kier molecular flexibility index (Phi) is 7.38. The fourth-order valence-corrected chi connectivity index (χ4v) is 1.20. The summed E-state index contributed by atoms with van der Waals surface area (Å²) in [5.74, 6) is 0. The predicted octanol–water partition coefficient (Wildman–Crippen LogP) is 4.65. The molecule has 0 radical (unpaired) electrons. The molecule has 0 aliphatic carbocycles. The summed E-state index contributed by atoms with van der Waals surface area (Å²) in [6.45, 7) is 10.3. The topological polar surface area (TPSA) is 0 Å². The Hall–Kier alpha value is -0.780. The third kappa shape index (κ3) is 6.39. The van der Waals surface area contributed by atoms with Gasteiger partial charge in [-0.15, -0.1) is 6.58 Å². The molecule has 0 amide bonds. The van der Waals surface area contributed by atoms with Gasteiger partial charge in [-0.25, -0.2) is 0 Å². The van der Waals surface area contributed by atoms with E-state index in [0.717, 1.165) is 6.42 Å². The molecular weight excluding hydrogens is 156 g/mol. The first kappa shape index (κ1) is 12.2. The number of hydrogen-bond acceptors (Lipinski definition) is 0. The zero-order valence-electron chi connectivity index (χ0n) is 9.27. The minimum Gasteiger partial charge on any atom is -0.103 e. The fraction of sp³-hybridized carbons (Fsp3) is 0.538. The van der Waals surface area contributed by atoms with Crippen molar-refractivity contribution < 1.29 is 0 Å². The molecule has 0 rings (SSSR count). The van der Waals surface area contributed by atoms with Gasteiger partial charge in [0.1, 0.15) is 0 Å². The molecule has 0 heterocycles. The van der Waals surface area contributed by atoms with Crippen molar-refractivity contribution in [1.82, 2.24) is 0 Å². The van der Waals surface area contributed by atoms with Crippen LogP contribution in [0.3, 0.4) is 0 Å². The Morgan fingerprint density at radius 3 is 2.54 bits per heavy atom. The van der Waals surface area contributed by atoms with Crippen LogP contribution in [-0.4, -0.2) is 0 Å². The van der Waals surface area contributed by atoms with Gasteiger partial charge >= 0.3 is 0 Å². The maximum Gasteiger partial charge on any atom is -0.0142 e. The summed E-state index contributed by atoms with van der Waals surface area (Å²) < 4.78 is 0. The Balaban J connectivity index is 3.80. The van der Waals surface area contributed by atoms with Gasteiger partial charge in [-0.3, -0.25) is 0 Å². The highest BCUT2D eigenvalue weighted by atomic mass is 14.0. The number of allylic oxidation sites excluding steroid dienone is 5. The van der Waals surface area contributed by atoms with E-state index in [-0.39, 0.29) is 0 Å². The summed E-state index contributed by atoms with van der Waals surface area (Å²) in [5.41, 5.74) is 2.99. The number of rotatable bonds is 6. The second kappa shape index (κ2) is 7.85. The zero-order chi connectivity index (χ0) is 10.1. The molecule has 74 valence electrons. The SMILES string of the molecule is C=CC/C(=C\C)CCC=C(C)CC. The van der Waals surface area contributed by atoms with Gasteiger partial charge in [0, 0.05) is 0 Å². The molecule has 0 fully saturated rings. The Bertz CT molecular complexity index is 194. The van der Waals surface area contributed by atoms with Crippen LogP contribution in [-0.2, 0) is 0 Å². The first-order chi connectivity index (χ1) is 6.24. The molecule has 0 aliphatic rings. The molecule has 0 atom stereocenters. The Morgan fingerprint density at radius 2 is 2.08 bits per heavy atom. The van der Waals surface area contributed by atoms with Gasteiger partial charge in [0.25, 0.3) is 0 Å². The van der Waals surface area contributed by atoms with E-state index in [4.69, 9.17) is 0 Å². The van der Waals surface area contributed by atoms with E-state index in [0.29, 0.717) is 0 Å². The van der Waals surface area contributed by atoms with Gasteiger partial charge in [-0.1, -0.05) is 36.3 Å². The summed E-state index contributed by atoms with van der Waals surface area (Å²) in [6, 6.07) is 0. The smallest absolute Gasteiger partial charge is 0.0142 e. The van der Waals surface area contributed by atoms with Gasteiger partial charge in [-0.2, -0.15) is 0 Å². The third-order valence-corrected chi connectivity index (χ3v) is 2.33. The Morgan fingerprint density at radius 1 is 1.38 bits per heavy atom. The monoisotopic (exact) mass is 178 g/mol. The molecule has 0 heteroatoms. The normalized spacial score (nSPS) is 13.2. The van der Waals surface area contributed by atoms with E-state index >= 15 is 0 Å². The van der Waals surface area contributed by atoms with Crippen LogP contribution >= 0.6 is 0 Å². The van der Waals surface area contributed by atoms with Crippen molar-refractivity contribution in [3.8, 4) is 0 Å². The minimum atomic E-state index is 1.04. The van der Waals surface area contributed by atoms with E-state index in [1.54, 1.807) is 0 Å². The summed E-state index contributed by atoms with van der Waals surface area (Å²) in [6.07, 6.45) is 11.1. The van der Waals surface area contributed by atoms with Crippen LogP contribution in [0, 0.1) is 0 Å². The van der Waals surface area contributed by atoms with Crippen molar-refractivity contribution in [1.29, 1.82) is 0 Å². The molecule has 0 nitrogen and oxygen atoms in total. The maximum absolute atomic E-state index is 3.75. The molecule has 0 aromatic heterocycles. The summed E-state index contributed by atoms with van der Waals surface area (Å²) in [7, 11) is 0. The fourth-order valence-electron chi connectivity index (χ4n) is 1.20. The lowest BCUT2D eigenvalue weighted by atomic mass is 10.1. The molecular formula is C13H22. The average Bonchev–Trinajstić information content (AvgIpc) is 2.16. The summed E-state index contributed by atoms with van der Waals surface area (Å²) in [4.78, 5) is 0. The van der Waals surface area contributed by atoms with Crippen LogP contribution in [0.2, 0.25) is 0 Å². The van der Waals surface area contributed by atoms with Crippen molar-refractivity contribution in [2.24, 2.45) is 0 Å². The lowest BCUT2D eigenvalue weighted by Gasteiger charge is -2.01. The molecule has 0 unspecified atom stereocenters. The van der Waals surface area contributed by atoms with E-state index in [1.807, 2.05) is 6.08 Å². The van der Waals surface area contributed by atoms with Crippen LogP contribution in [0.15, 0.2) is 36.0 Å². The van der Waals surface area contributed by atoms with E-state index < -0.39 is 0 Å².